The van der Waals surface area contributed by atoms with Crippen molar-refractivity contribution < 1.29 is 14.3 Å². The molecule has 96 valence electrons. The minimum absolute atomic E-state index is 0.216. The number of aromatic nitrogens is 1. The first-order valence-electron chi connectivity index (χ1n) is 5.53. The minimum atomic E-state index is -1.45. The first kappa shape index (κ1) is 14.3. The molecule has 4 nitrogen and oxygen atoms in total. The highest BCUT2D eigenvalue weighted by molar-refractivity contribution is 6.83. The Kier molecular flexibility index (Phi) is 4.51. The number of hydrogen-bond acceptors (Lipinski definition) is 4. The second kappa shape index (κ2) is 5.69. The Hall–Kier alpha value is -1.80. The van der Waals surface area contributed by atoms with E-state index in [9.17, 15) is 4.79 Å². The Morgan fingerprint density at radius 3 is 2.50 bits per heavy atom. The summed E-state index contributed by atoms with van der Waals surface area (Å²) in [6.45, 7) is 6.47. The van der Waals surface area contributed by atoms with Crippen molar-refractivity contribution in [3.05, 3.63) is 23.5 Å². The summed E-state index contributed by atoms with van der Waals surface area (Å²) in [7, 11) is 1.40. The molecular weight excluding hydrogens is 246 g/mol. The predicted octanol–water partition coefficient (Wildman–Crippen LogP) is 2.11. The van der Waals surface area contributed by atoms with Crippen molar-refractivity contribution >= 4 is 14.0 Å². The molecule has 0 saturated carbocycles. The summed E-state index contributed by atoms with van der Waals surface area (Å²) in [6, 6.07) is 1.54. The van der Waals surface area contributed by atoms with Crippen molar-refractivity contribution in [3.8, 4) is 17.2 Å². The lowest BCUT2D eigenvalue weighted by Crippen LogP contribution is -2.16. The van der Waals surface area contributed by atoms with Gasteiger partial charge in [0.25, 0.3) is 0 Å². The van der Waals surface area contributed by atoms with Gasteiger partial charge in [0.1, 0.15) is 13.8 Å². The van der Waals surface area contributed by atoms with Crippen molar-refractivity contribution in [2.75, 3.05) is 14.2 Å². The molecule has 0 N–H and O–H groups in total. The summed E-state index contributed by atoms with van der Waals surface area (Å²) >= 11 is 0. The highest BCUT2D eigenvalue weighted by atomic mass is 28.3. The van der Waals surface area contributed by atoms with Crippen LogP contribution in [0.25, 0.3) is 0 Å². The summed E-state index contributed by atoms with van der Waals surface area (Å²) < 4.78 is 9.81. The maximum absolute atomic E-state index is 11.3. The van der Waals surface area contributed by atoms with Crippen LogP contribution in [0.2, 0.25) is 19.6 Å². The lowest BCUT2D eigenvalue weighted by atomic mass is 10.2. The zero-order valence-corrected chi connectivity index (χ0v) is 12.3. The third-order valence-electron chi connectivity index (χ3n) is 2.05. The van der Waals surface area contributed by atoms with Crippen LogP contribution in [0, 0.1) is 11.5 Å². The monoisotopic (exact) mass is 263 g/mol. The van der Waals surface area contributed by atoms with Crippen LogP contribution in [0.1, 0.15) is 16.1 Å². The van der Waals surface area contributed by atoms with E-state index in [1.807, 2.05) is 0 Å². The third-order valence-corrected chi connectivity index (χ3v) is 2.93. The summed E-state index contributed by atoms with van der Waals surface area (Å²) in [5.41, 5.74) is 4.13. The van der Waals surface area contributed by atoms with Crippen LogP contribution in [0.5, 0.6) is 5.75 Å². The van der Waals surface area contributed by atoms with E-state index in [0.29, 0.717) is 11.3 Å². The van der Waals surface area contributed by atoms with Gasteiger partial charge in [-0.05, 0) is 0 Å². The normalized spacial score (nSPS) is 10.3. The number of carbonyl (C=O) groups is 1. The Morgan fingerprint density at radius 1 is 1.33 bits per heavy atom. The van der Waals surface area contributed by atoms with Crippen molar-refractivity contribution in [1.82, 2.24) is 4.98 Å². The van der Waals surface area contributed by atoms with Crippen molar-refractivity contribution in [1.29, 1.82) is 0 Å². The Bertz CT molecular complexity index is 509. The summed E-state index contributed by atoms with van der Waals surface area (Å²) in [4.78, 5) is 15.4. The summed E-state index contributed by atoms with van der Waals surface area (Å²) in [5, 5.41) is 0. The van der Waals surface area contributed by atoms with Crippen molar-refractivity contribution in [2.45, 2.75) is 19.6 Å². The van der Waals surface area contributed by atoms with E-state index in [2.05, 4.69) is 40.8 Å². The third kappa shape index (κ3) is 3.89. The summed E-state index contributed by atoms with van der Waals surface area (Å²) in [6.07, 6.45) is 1.54. The van der Waals surface area contributed by atoms with Crippen LogP contribution in [0.4, 0.5) is 0 Å². The van der Waals surface area contributed by atoms with Gasteiger partial charge in [0.15, 0.2) is 5.69 Å². The molecule has 0 atom stereocenters. The molecule has 0 aliphatic heterocycles. The minimum Gasteiger partial charge on any atom is -0.495 e. The molecule has 1 aromatic rings. The summed E-state index contributed by atoms with van der Waals surface area (Å²) in [5.74, 6) is 3.11. The van der Waals surface area contributed by atoms with Gasteiger partial charge in [-0.2, -0.15) is 0 Å². The number of esters is 1. The lowest BCUT2D eigenvalue weighted by Gasteiger charge is -2.06. The van der Waals surface area contributed by atoms with Crippen LogP contribution in [0.15, 0.2) is 12.3 Å². The van der Waals surface area contributed by atoms with E-state index in [0.717, 1.165) is 0 Å². The predicted molar refractivity (Wildman–Crippen MR) is 72.4 cm³/mol. The largest absolute Gasteiger partial charge is 0.495 e. The molecule has 0 radical (unpaired) electrons. The second-order valence-corrected chi connectivity index (χ2v) is 9.51. The molecule has 1 aromatic heterocycles. The molecule has 0 aliphatic rings. The molecule has 0 saturated heterocycles. The Morgan fingerprint density at radius 2 is 2.00 bits per heavy atom. The molecule has 0 aliphatic carbocycles. The van der Waals surface area contributed by atoms with Gasteiger partial charge in [-0.1, -0.05) is 25.6 Å². The molecule has 0 unspecified atom stereocenters. The molecule has 18 heavy (non-hydrogen) atoms. The van der Waals surface area contributed by atoms with Gasteiger partial charge in [-0.25, -0.2) is 9.78 Å². The van der Waals surface area contributed by atoms with E-state index in [1.165, 1.54) is 20.4 Å². The van der Waals surface area contributed by atoms with Crippen LogP contribution >= 0.6 is 0 Å². The first-order valence-corrected chi connectivity index (χ1v) is 9.03. The van der Waals surface area contributed by atoms with Gasteiger partial charge in [-0.15, -0.1) is 5.54 Å². The van der Waals surface area contributed by atoms with E-state index in [4.69, 9.17) is 4.74 Å². The van der Waals surface area contributed by atoms with Gasteiger partial charge in [0.05, 0.1) is 19.8 Å². The Labute approximate surface area is 108 Å². The molecular formula is C13H17NO3Si. The second-order valence-electron chi connectivity index (χ2n) is 4.76. The van der Waals surface area contributed by atoms with Crippen molar-refractivity contribution in [3.63, 3.8) is 0 Å². The van der Waals surface area contributed by atoms with E-state index in [1.54, 1.807) is 6.07 Å². The van der Waals surface area contributed by atoms with Gasteiger partial charge in [0.2, 0.25) is 0 Å². The number of pyridine rings is 1. The molecule has 0 spiro atoms. The average molecular weight is 263 g/mol. The molecule has 1 rings (SSSR count). The first-order chi connectivity index (χ1) is 8.37. The van der Waals surface area contributed by atoms with E-state index in [-0.39, 0.29) is 5.69 Å². The number of ether oxygens (including phenoxy) is 2. The molecule has 1 heterocycles. The quantitative estimate of drug-likeness (QED) is 0.466. The highest BCUT2D eigenvalue weighted by Gasteiger charge is 2.12. The van der Waals surface area contributed by atoms with E-state index >= 15 is 0 Å². The number of methoxy groups -OCH3 is 2. The van der Waals surface area contributed by atoms with Crippen LogP contribution in [-0.4, -0.2) is 33.2 Å². The number of rotatable bonds is 2. The number of nitrogens with zero attached hydrogens (tertiary/aromatic N) is 1. The maximum Gasteiger partial charge on any atom is 0.356 e. The van der Waals surface area contributed by atoms with Gasteiger partial charge < -0.3 is 9.47 Å². The zero-order valence-electron chi connectivity index (χ0n) is 11.3. The SMILES string of the molecule is COC(=O)c1cc(OC)c(C#C[Si](C)(C)C)cn1. The lowest BCUT2D eigenvalue weighted by molar-refractivity contribution is 0.0593. The van der Waals surface area contributed by atoms with Crippen LogP contribution in [-0.2, 0) is 4.74 Å². The van der Waals surface area contributed by atoms with Gasteiger partial charge in [0, 0.05) is 12.3 Å². The fraction of sp³-hybridized carbons (Fsp3) is 0.385. The molecule has 0 fully saturated rings. The fourth-order valence-electron chi connectivity index (χ4n) is 1.17. The maximum atomic E-state index is 11.3. The molecule has 0 amide bonds. The van der Waals surface area contributed by atoms with Gasteiger partial charge >= 0.3 is 5.97 Å². The molecule has 0 aromatic carbocycles. The fourth-order valence-corrected chi connectivity index (χ4v) is 1.68. The average Bonchev–Trinajstić information content (AvgIpc) is 2.34. The van der Waals surface area contributed by atoms with Crippen LogP contribution in [0.3, 0.4) is 0 Å². The standard InChI is InChI=1S/C13H17NO3Si/c1-16-12-8-11(13(15)17-2)14-9-10(12)6-7-18(3,4)5/h8-9H,1-5H3. The number of carbonyl (C=O) groups excluding carboxylic acids is 1. The smallest absolute Gasteiger partial charge is 0.356 e. The molecule has 5 heteroatoms. The topological polar surface area (TPSA) is 48.4 Å². The number of hydrogen-bond donors (Lipinski definition) is 0. The van der Waals surface area contributed by atoms with Gasteiger partial charge in [-0.3, -0.25) is 0 Å². The molecule has 0 bridgehead atoms. The van der Waals surface area contributed by atoms with Crippen molar-refractivity contribution in [2.24, 2.45) is 0 Å². The van der Waals surface area contributed by atoms with E-state index < -0.39 is 14.0 Å². The Balaban J connectivity index is 3.15. The zero-order chi connectivity index (χ0) is 13.8. The van der Waals surface area contributed by atoms with Crippen LogP contribution < -0.4 is 4.74 Å². The highest BCUT2D eigenvalue weighted by Crippen LogP contribution is 2.18.